The van der Waals surface area contributed by atoms with Crippen molar-refractivity contribution in [1.82, 2.24) is 10.6 Å². The van der Waals surface area contributed by atoms with E-state index in [1.807, 2.05) is 6.92 Å². The number of hydrogen-bond acceptors (Lipinski definition) is 5. The topological polar surface area (TPSA) is 93.7 Å². The first-order valence-electron chi connectivity index (χ1n) is 6.06. The normalized spacial score (nSPS) is 26.6. The molecule has 0 unspecified atom stereocenters. The number of urea groups is 1. The molecule has 0 aliphatic carbocycles. The number of esters is 1. The molecule has 7 nitrogen and oxygen atoms in total. The van der Waals surface area contributed by atoms with Gasteiger partial charge in [0.15, 0.2) is 6.23 Å². The van der Waals surface area contributed by atoms with Gasteiger partial charge in [0.2, 0.25) is 0 Å². The Morgan fingerprint density at radius 1 is 1.42 bits per heavy atom. The largest absolute Gasteiger partial charge is 0.463 e. The molecule has 1 aliphatic heterocycles. The summed E-state index contributed by atoms with van der Waals surface area (Å²) in [7, 11) is 0. The highest BCUT2D eigenvalue weighted by molar-refractivity contribution is 6.14. The number of unbranched alkanes of at least 4 members (excludes halogenated alkanes) is 1. The van der Waals surface area contributed by atoms with Gasteiger partial charge in [0.1, 0.15) is 0 Å². The van der Waals surface area contributed by atoms with Crippen LogP contribution in [0, 0.1) is 0 Å². The minimum absolute atomic E-state index is 0.0899. The second kappa shape index (κ2) is 6.46. The average molecular weight is 276 g/mol. The van der Waals surface area contributed by atoms with E-state index in [0.29, 0.717) is 6.42 Å². The predicted octanol–water partition coefficient (Wildman–Crippen LogP) is 0.240. The number of ether oxygens (including phenoxy) is 2. The molecule has 1 saturated heterocycles. The molecule has 1 heterocycles. The third-order valence-electron chi connectivity index (χ3n) is 2.54. The SMILES string of the molecule is CCCCO[C@@H]1NC(=O)NC(=O)[C@]1(F)C(=O)OCC. The fourth-order valence-electron chi connectivity index (χ4n) is 1.51. The molecule has 108 valence electrons. The molecule has 0 aromatic carbocycles. The fraction of sp³-hybridized carbons (Fsp3) is 0.727. The number of carbonyl (C=O) groups excluding carboxylic acids is 3. The highest BCUT2D eigenvalue weighted by Crippen LogP contribution is 2.23. The van der Waals surface area contributed by atoms with Crippen LogP contribution < -0.4 is 10.6 Å². The molecule has 0 radical (unpaired) electrons. The summed E-state index contributed by atoms with van der Waals surface area (Å²) in [6, 6.07) is -0.913. The summed E-state index contributed by atoms with van der Waals surface area (Å²) >= 11 is 0. The van der Waals surface area contributed by atoms with E-state index in [1.165, 1.54) is 6.92 Å². The number of nitrogens with one attached hydrogen (secondary N) is 2. The summed E-state index contributed by atoms with van der Waals surface area (Å²) in [6.07, 6.45) is -0.294. The van der Waals surface area contributed by atoms with E-state index in [9.17, 15) is 18.8 Å². The van der Waals surface area contributed by atoms with Gasteiger partial charge in [-0.1, -0.05) is 13.3 Å². The number of halogens is 1. The van der Waals surface area contributed by atoms with Crippen LogP contribution in [0.15, 0.2) is 0 Å². The number of imide groups is 1. The van der Waals surface area contributed by atoms with Crippen molar-refractivity contribution >= 4 is 17.9 Å². The van der Waals surface area contributed by atoms with Gasteiger partial charge in [0.05, 0.1) is 6.61 Å². The fourth-order valence-corrected chi connectivity index (χ4v) is 1.51. The van der Waals surface area contributed by atoms with Gasteiger partial charge in [-0.05, 0) is 13.3 Å². The summed E-state index contributed by atoms with van der Waals surface area (Å²) in [5.41, 5.74) is -3.07. The summed E-state index contributed by atoms with van der Waals surface area (Å²) in [6.45, 7) is 3.39. The molecule has 3 amide bonds. The van der Waals surface area contributed by atoms with Crippen molar-refractivity contribution in [3.8, 4) is 0 Å². The first-order valence-corrected chi connectivity index (χ1v) is 6.06. The number of amides is 3. The maximum absolute atomic E-state index is 14.6. The zero-order valence-electron chi connectivity index (χ0n) is 10.8. The lowest BCUT2D eigenvalue weighted by Crippen LogP contribution is -2.71. The van der Waals surface area contributed by atoms with Gasteiger partial charge in [0, 0.05) is 6.61 Å². The molecule has 1 rings (SSSR count). The maximum Gasteiger partial charge on any atom is 0.358 e. The Balaban J connectivity index is 2.88. The van der Waals surface area contributed by atoms with Gasteiger partial charge in [-0.25, -0.2) is 14.0 Å². The molecule has 0 aromatic heterocycles. The Morgan fingerprint density at radius 2 is 2.11 bits per heavy atom. The second-order valence-electron chi connectivity index (χ2n) is 3.96. The van der Waals surface area contributed by atoms with Crippen LogP contribution in [-0.4, -0.2) is 43.0 Å². The van der Waals surface area contributed by atoms with Crippen LogP contribution >= 0.6 is 0 Å². The molecule has 8 heteroatoms. The summed E-state index contributed by atoms with van der Waals surface area (Å²) in [5.74, 6) is -2.76. The van der Waals surface area contributed by atoms with Crippen LogP contribution in [0.1, 0.15) is 26.7 Å². The van der Waals surface area contributed by atoms with Crippen molar-refractivity contribution in [2.75, 3.05) is 13.2 Å². The van der Waals surface area contributed by atoms with E-state index in [4.69, 9.17) is 4.74 Å². The van der Waals surface area contributed by atoms with E-state index >= 15 is 0 Å². The lowest BCUT2D eigenvalue weighted by atomic mass is 10.0. The summed E-state index contributed by atoms with van der Waals surface area (Å²) < 4.78 is 24.2. The Bertz CT molecular complexity index is 376. The molecular weight excluding hydrogens is 259 g/mol. The van der Waals surface area contributed by atoms with Crippen molar-refractivity contribution in [1.29, 1.82) is 0 Å². The zero-order valence-corrected chi connectivity index (χ0v) is 10.8. The van der Waals surface area contributed by atoms with Crippen LogP contribution in [-0.2, 0) is 19.1 Å². The highest BCUT2D eigenvalue weighted by Gasteiger charge is 2.59. The van der Waals surface area contributed by atoms with Gasteiger partial charge in [-0.3, -0.25) is 10.1 Å². The molecule has 2 atom stereocenters. The maximum atomic E-state index is 14.6. The lowest BCUT2D eigenvalue weighted by molar-refractivity contribution is -0.179. The van der Waals surface area contributed by atoms with Crippen molar-refractivity contribution in [3.05, 3.63) is 0 Å². The first-order chi connectivity index (χ1) is 8.96. The van der Waals surface area contributed by atoms with Gasteiger partial charge in [-0.2, -0.15) is 0 Å². The van der Waals surface area contributed by atoms with Crippen LogP contribution in [0.2, 0.25) is 0 Å². The van der Waals surface area contributed by atoms with Gasteiger partial charge >= 0.3 is 17.7 Å². The van der Waals surface area contributed by atoms with Gasteiger partial charge in [0.25, 0.3) is 5.91 Å². The molecule has 0 spiro atoms. The number of hydrogen-bond donors (Lipinski definition) is 2. The van der Waals surface area contributed by atoms with Crippen LogP contribution in [0.4, 0.5) is 9.18 Å². The third-order valence-corrected chi connectivity index (χ3v) is 2.54. The predicted molar refractivity (Wildman–Crippen MR) is 61.8 cm³/mol. The molecule has 0 aromatic rings. The quantitative estimate of drug-likeness (QED) is 0.412. The first kappa shape index (κ1) is 15.4. The molecule has 2 N–H and O–H groups in total. The average Bonchev–Trinajstić information content (AvgIpc) is 2.35. The summed E-state index contributed by atoms with van der Waals surface area (Å²) in [5, 5.41) is 3.75. The Labute approximate surface area is 109 Å². The third kappa shape index (κ3) is 3.19. The minimum atomic E-state index is -3.07. The van der Waals surface area contributed by atoms with Crippen molar-refractivity contribution < 1.29 is 28.2 Å². The van der Waals surface area contributed by atoms with Crippen molar-refractivity contribution in [2.24, 2.45) is 0 Å². The summed E-state index contributed by atoms with van der Waals surface area (Å²) in [4.78, 5) is 34.3. The van der Waals surface area contributed by atoms with Crippen LogP contribution in [0.3, 0.4) is 0 Å². The van der Waals surface area contributed by atoms with Crippen LogP contribution in [0.25, 0.3) is 0 Å². The van der Waals surface area contributed by atoms with Crippen LogP contribution in [0.5, 0.6) is 0 Å². The second-order valence-corrected chi connectivity index (χ2v) is 3.96. The lowest BCUT2D eigenvalue weighted by Gasteiger charge is -2.34. The number of alkyl halides is 1. The zero-order chi connectivity index (χ0) is 14.5. The van der Waals surface area contributed by atoms with Gasteiger partial charge < -0.3 is 14.8 Å². The van der Waals surface area contributed by atoms with E-state index in [2.05, 4.69) is 10.1 Å². The van der Waals surface area contributed by atoms with Gasteiger partial charge in [-0.15, -0.1) is 0 Å². The molecule has 1 fully saturated rings. The molecule has 0 bridgehead atoms. The number of rotatable bonds is 6. The van der Waals surface area contributed by atoms with E-state index in [1.54, 1.807) is 5.32 Å². The molecule has 0 saturated carbocycles. The van der Waals surface area contributed by atoms with Crippen molar-refractivity contribution in [3.63, 3.8) is 0 Å². The Hall–Kier alpha value is -1.70. The van der Waals surface area contributed by atoms with Crippen molar-refractivity contribution in [2.45, 2.75) is 38.6 Å². The number of carbonyl (C=O) groups is 3. The van der Waals surface area contributed by atoms with E-state index in [0.717, 1.165) is 6.42 Å². The monoisotopic (exact) mass is 276 g/mol. The Morgan fingerprint density at radius 3 is 2.68 bits per heavy atom. The Kier molecular flexibility index (Phi) is 5.22. The molecule has 19 heavy (non-hydrogen) atoms. The standard InChI is InChI=1S/C11H17FN2O5/c1-3-5-6-19-8-11(12,9(16)18-4-2)7(15)13-10(17)14-8/h8H,3-6H2,1-2H3,(H2,13,14,15,17)/t8-,11+/m0/s1. The minimum Gasteiger partial charge on any atom is -0.463 e. The highest BCUT2D eigenvalue weighted by atomic mass is 19.1. The van der Waals surface area contributed by atoms with E-state index < -0.39 is 29.8 Å². The van der Waals surface area contributed by atoms with E-state index in [-0.39, 0.29) is 13.2 Å². The molecule has 1 aliphatic rings. The molecular formula is C11H17FN2O5. The smallest absolute Gasteiger partial charge is 0.358 e.